The Morgan fingerprint density at radius 2 is 1.65 bits per heavy atom. The molecule has 0 radical (unpaired) electrons. The normalized spacial score (nSPS) is 11.4. The van der Waals surface area contributed by atoms with E-state index in [9.17, 15) is 4.79 Å². The Morgan fingerprint density at radius 1 is 1.00 bits per heavy atom. The molecule has 0 aromatic heterocycles. The summed E-state index contributed by atoms with van der Waals surface area (Å²) in [6, 6.07) is 15.6. The minimum atomic E-state index is -0.283. The van der Waals surface area contributed by atoms with Crippen molar-refractivity contribution in [2.75, 3.05) is 14.2 Å². The summed E-state index contributed by atoms with van der Waals surface area (Å²) in [5.41, 5.74) is 1.70. The number of hydrogen-bond acceptors (Lipinski definition) is 3. The van der Waals surface area contributed by atoms with Crippen molar-refractivity contribution in [1.82, 2.24) is 4.90 Å². The summed E-state index contributed by atoms with van der Waals surface area (Å²) in [6.45, 7) is 6.69. The molecular weight excluding hydrogens is 326 g/mol. The molecule has 0 fully saturated rings. The molecule has 0 bridgehead atoms. The van der Waals surface area contributed by atoms with Crippen LogP contribution < -0.4 is 9.47 Å². The van der Waals surface area contributed by atoms with E-state index < -0.39 is 0 Å². The number of hydrogen-bond donors (Lipinski definition) is 0. The van der Waals surface area contributed by atoms with E-state index in [1.165, 1.54) is 0 Å². The average Bonchev–Trinajstić information content (AvgIpc) is 2.63. The Morgan fingerprint density at radius 3 is 2.23 bits per heavy atom. The van der Waals surface area contributed by atoms with Crippen LogP contribution in [0.2, 0.25) is 0 Å². The summed E-state index contributed by atoms with van der Waals surface area (Å²) in [6.07, 6.45) is 3.41. The molecule has 4 heteroatoms. The lowest BCUT2D eigenvalue weighted by atomic mass is 10.0. The number of rotatable bonds is 6. The highest BCUT2D eigenvalue weighted by Crippen LogP contribution is 2.28. The zero-order chi connectivity index (χ0) is 19.2. The highest BCUT2D eigenvalue weighted by atomic mass is 16.5. The predicted molar refractivity (Wildman–Crippen MR) is 105 cm³/mol. The van der Waals surface area contributed by atoms with Gasteiger partial charge in [0.2, 0.25) is 5.91 Å². The van der Waals surface area contributed by atoms with Crippen molar-refractivity contribution in [3.05, 3.63) is 65.7 Å². The van der Waals surface area contributed by atoms with Crippen LogP contribution in [0.25, 0.3) is 6.08 Å². The molecule has 0 aliphatic carbocycles. The van der Waals surface area contributed by atoms with E-state index in [4.69, 9.17) is 9.47 Å². The van der Waals surface area contributed by atoms with Crippen molar-refractivity contribution in [1.29, 1.82) is 0 Å². The van der Waals surface area contributed by atoms with E-state index in [1.807, 2.05) is 74.2 Å². The van der Waals surface area contributed by atoms with Crippen molar-refractivity contribution in [3.8, 4) is 11.5 Å². The maximum atomic E-state index is 12.8. The second-order valence-corrected chi connectivity index (χ2v) is 7.03. The third kappa shape index (κ3) is 5.12. The standard InChI is InChI=1S/C22H27NO3/c1-22(2,3)23(16-18-9-7-6-8-10-18)21(24)14-12-17-11-13-19(25-4)20(15-17)26-5/h6-15H,16H2,1-5H3. The molecule has 0 aliphatic rings. The van der Waals surface area contributed by atoms with Crippen LogP contribution in [0.5, 0.6) is 11.5 Å². The molecule has 0 saturated heterocycles. The fourth-order valence-electron chi connectivity index (χ4n) is 2.63. The number of ether oxygens (including phenoxy) is 2. The zero-order valence-corrected chi connectivity index (χ0v) is 16.2. The highest BCUT2D eigenvalue weighted by molar-refractivity contribution is 5.92. The largest absolute Gasteiger partial charge is 0.493 e. The van der Waals surface area contributed by atoms with Crippen LogP contribution in [-0.2, 0) is 11.3 Å². The van der Waals surface area contributed by atoms with Gasteiger partial charge in [-0.2, -0.15) is 0 Å². The molecule has 26 heavy (non-hydrogen) atoms. The molecule has 2 rings (SSSR count). The van der Waals surface area contributed by atoms with Crippen molar-refractivity contribution in [3.63, 3.8) is 0 Å². The van der Waals surface area contributed by atoms with E-state index in [1.54, 1.807) is 26.4 Å². The van der Waals surface area contributed by atoms with Crippen LogP contribution in [0.1, 0.15) is 31.9 Å². The number of carbonyl (C=O) groups is 1. The Bertz CT molecular complexity index is 761. The van der Waals surface area contributed by atoms with Crippen LogP contribution >= 0.6 is 0 Å². The maximum Gasteiger partial charge on any atom is 0.247 e. The van der Waals surface area contributed by atoms with Gasteiger partial charge >= 0.3 is 0 Å². The van der Waals surface area contributed by atoms with Gasteiger partial charge in [-0.25, -0.2) is 0 Å². The SMILES string of the molecule is COc1ccc(C=CC(=O)N(Cc2ccccc2)C(C)(C)C)cc1OC. The van der Waals surface area contributed by atoms with Crippen LogP contribution in [0.4, 0.5) is 0 Å². The maximum absolute atomic E-state index is 12.8. The minimum absolute atomic E-state index is 0.0314. The first-order chi connectivity index (χ1) is 12.3. The Hall–Kier alpha value is -2.75. The number of amides is 1. The summed E-state index contributed by atoms with van der Waals surface area (Å²) >= 11 is 0. The first-order valence-corrected chi connectivity index (χ1v) is 8.61. The molecular formula is C22H27NO3. The number of nitrogens with zero attached hydrogens (tertiary/aromatic N) is 1. The van der Waals surface area contributed by atoms with Gasteiger partial charge in [-0.1, -0.05) is 36.4 Å². The van der Waals surface area contributed by atoms with Gasteiger partial charge in [-0.3, -0.25) is 4.79 Å². The van der Waals surface area contributed by atoms with Crippen molar-refractivity contribution >= 4 is 12.0 Å². The van der Waals surface area contributed by atoms with Gasteiger partial charge in [0, 0.05) is 18.2 Å². The van der Waals surface area contributed by atoms with Gasteiger partial charge in [0.25, 0.3) is 0 Å². The van der Waals surface area contributed by atoms with E-state index in [0.29, 0.717) is 18.0 Å². The molecule has 0 spiro atoms. The summed E-state index contributed by atoms with van der Waals surface area (Å²) in [5.74, 6) is 1.27. The molecule has 2 aromatic rings. The lowest BCUT2D eigenvalue weighted by Gasteiger charge is -2.35. The van der Waals surface area contributed by atoms with Crippen LogP contribution in [0.15, 0.2) is 54.6 Å². The van der Waals surface area contributed by atoms with E-state index in [0.717, 1.165) is 11.1 Å². The summed E-state index contributed by atoms with van der Waals surface area (Å²) in [5, 5.41) is 0. The van der Waals surface area contributed by atoms with Gasteiger partial charge in [-0.05, 0) is 50.1 Å². The van der Waals surface area contributed by atoms with Gasteiger partial charge in [0.1, 0.15) is 0 Å². The summed E-state index contributed by atoms with van der Waals surface area (Å²) < 4.78 is 10.6. The Labute approximate surface area is 156 Å². The lowest BCUT2D eigenvalue weighted by Crippen LogP contribution is -2.44. The second-order valence-electron chi connectivity index (χ2n) is 7.03. The van der Waals surface area contributed by atoms with Gasteiger partial charge < -0.3 is 14.4 Å². The molecule has 0 N–H and O–H groups in total. The fraction of sp³-hybridized carbons (Fsp3) is 0.318. The van der Waals surface area contributed by atoms with Crippen LogP contribution in [0, 0.1) is 0 Å². The summed E-state index contributed by atoms with van der Waals surface area (Å²) in [7, 11) is 3.19. The highest BCUT2D eigenvalue weighted by Gasteiger charge is 2.24. The topological polar surface area (TPSA) is 38.8 Å². The van der Waals surface area contributed by atoms with Crippen LogP contribution in [0.3, 0.4) is 0 Å². The average molecular weight is 353 g/mol. The van der Waals surface area contributed by atoms with Crippen LogP contribution in [-0.4, -0.2) is 30.6 Å². The Kier molecular flexibility index (Phi) is 6.45. The molecule has 0 aliphatic heterocycles. The quantitative estimate of drug-likeness (QED) is 0.716. The third-order valence-corrected chi connectivity index (χ3v) is 4.09. The van der Waals surface area contributed by atoms with Crippen molar-refractivity contribution in [2.45, 2.75) is 32.9 Å². The van der Waals surface area contributed by atoms with Gasteiger partial charge in [0.05, 0.1) is 14.2 Å². The van der Waals surface area contributed by atoms with Gasteiger partial charge in [0.15, 0.2) is 11.5 Å². The van der Waals surface area contributed by atoms with E-state index >= 15 is 0 Å². The number of carbonyl (C=O) groups excluding carboxylic acids is 1. The molecule has 138 valence electrons. The van der Waals surface area contributed by atoms with Crippen molar-refractivity contribution < 1.29 is 14.3 Å². The number of methoxy groups -OCH3 is 2. The van der Waals surface area contributed by atoms with E-state index in [-0.39, 0.29) is 11.4 Å². The van der Waals surface area contributed by atoms with E-state index in [2.05, 4.69) is 0 Å². The first-order valence-electron chi connectivity index (χ1n) is 8.61. The lowest BCUT2D eigenvalue weighted by molar-refractivity contribution is -0.131. The second kappa shape index (κ2) is 8.56. The number of benzene rings is 2. The predicted octanol–water partition coefficient (Wildman–Crippen LogP) is 4.54. The summed E-state index contributed by atoms with van der Waals surface area (Å²) in [4.78, 5) is 14.7. The monoisotopic (exact) mass is 353 g/mol. The molecule has 0 saturated carbocycles. The zero-order valence-electron chi connectivity index (χ0n) is 16.2. The van der Waals surface area contributed by atoms with Gasteiger partial charge in [-0.15, -0.1) is 0 Å². The molecule has 4 nitrogen and oxygen atoms in total. The molecule has 0 atom stereocenters. The Balaban J connectivity index is 2.20. The molecule has 1 amide bonds. The van der Waals surface area contributed by atoms with Crippen molar-refractivity contribution in [2.24, 2.45) is 0 Å². The fourth-order valence-corrected chi connectivity index (χ4v) is 2.63. The minimum Gasteiger partial charge on any atom is -0.493 e. The smallest absolute Gasteiger partial charge is 0.247 e. The third-order valence-electron chi connectivity index (χ3n) is 4.09. The first kappa shape index (κ1) is 19.6. The molecule has 2 aromatic carbocycles. The molecule has 0 unspecified atom stereocenters. The molecule has 0 heterocycles.